The topological polar surface area (TPSA) is 76.4 Å². The molecule has 7 heteroatoms. The van der Waals surface area contributed by atoms with Crippen LogP contribution in [0.2, 0.25) is 5.02 Å². The van der Waals surface area contributed by atoms with Crippen molar-refractivity contribution in [2.75, 3.05) is 5.75 Å². The van der Waals surface area contributed by atoms with Gasteiger partial charge in [0, 0.05) is 11.4 Å². The lowest BCUT2D eigenvalue weighted by Gasteiger charge is -2.11. The summed E-state index contributed by atoms with van der Waals surface area (Å²) in [6.45, 7) is 1.77. The Morgan fingerprint density at radius 3 is 2.55 bits per heavy atom. The van der Waals surface area contributed by atoms with Crippen molar-refractivity contribution in [3.63, 3.8) is 0 Å². The molecule has 1 atom stereocenters. The number of nitrogens with one attached hydrogen (secondary N) is 1. The molecule has 0 bridgehead atoms. The predicted octanol–water partition coefficient (Wildman–Crippen LogP) is 2.97. The average Bonchev–Trinajstić information content (AvgIpc) is 3.00. The molecule has 0 fully saturated rings. The van der Waals surface area contributed by atoms with Crippen molar-refractivity contribution in [2.24, 2.45) is 0 Å². The molecule has 1 aromatic heterocycles. The number of amides is 1. The van der Waals surface area contributed by atoms with Crippen LogP contribution in [-0.4, -0.2) is 20.1 Å². The summed E-state index contributed by atoms with van der Waals surface area (Å²) in [5.74, 6) is 0.0149. The molecule has 1 unspecified atom stereocenters. The first-order valence-electron chi connectivity index (χ1n) is 6.69. The Labute approximate surface area is 134 Å². The molecule has 1 heterocycles. The second-order valence-electron chi connectivity index (χ2n) is 4.83. The van der Waals surface area contributed by atoms with Crippen LogP contribution in [0.5, 0.6) is 0 Å². The maximum atomic E-state index is 12.1. The van der Waals surface area contributed by atoms with E-state index in [0.29, 0.717) is 10.8 Å². The van der Waals surface area contributed by atoms with Gasteiger partial charge in [0.05, 0.1) is 23.0 Å². The first kappa shape index (κ1) is 16.6. The number of carbonyl (C=O) groups excluding carboxylic acids is 1. The highest BCUT2D eigenvalue weighted by atomic mass is 35.5. The molecule has 5 nitrogen and oxygen atoms in total. The fourth-order valence-electron chi connectivity index (χ4n) is 1.91. The van der Waals surface area contributed by atoms with Crippen LogP contribution in [-0.2, 0) is 14.6 Å². The Morgan fingerprint density at radius 2 is 1.95 bits per heavy atom. The highest BCUT2D eigenvalue weighted by molar-refractivity contribution is 7.91. The van der Waals surface area contributed by atoms with Gasteiger partial charge in [-0.25, -0.2) is 8.42 Å². The van der Waals surface area contributed by atoms with Gasteiger partial charge in [-0.05, 0) is 43.3 Å². The molecule has 0 saturated carbocycles. The van der Waals surface area contributed by atoms with Crippen molar-refractivity contribution < 1.29 is 17.6 Å². The first-order chi connectivity index (χ1) is 10.4. The number of hydrogen-bond acceptors (Lipinski definition) is 4. The fourth-order valence-corrected chi connectivity index (χ4v) is 3.28. The van der Waals surface area contributed by atoms with E-state index in [1.165, 1.54) is 30.5 Å². The number of benzene rings is 1. The second kappa shape index (κ2) is 6.98. The predicted molar refractivity (Wildman–Crippen MR) is 83.4 cm³/mol. The van der Waals surface area contributed by atoms with Crippen molar-refractivity contribution >= 4 is 27.3 Å². The van der Waals surface area contributed by atoms with E-state index < -0.39 is 9.84 Å². The van der Waals surface area contributed by atoms with Crippen molar-refractivity contribution in [1.82, 2.24) is 5.32 Å². The molecule has 1 N–H and O–H groups in total. The number of furan rings is 1. The molecule has 1 amide bonds. The molecule has 1 aromatic carbocycles. The van der Waals surface area contributed by atoms with E-state index in [1.54, 1.807) is 19.1 Å². The van der Waals surface area contributed by atoms with Gasteiger partial charge in [-0.1, -0.05) is 11.6 Å². The van der Waals surface area contributed by atoms with Gasteiger partial charge in [-0.2, -0.15) is 0 Å². The van der Waals surface area contributed by atoms with Crippen LogP contribution in [0.25, 0.3) is 0 Å². The van der Waals surface area contributed by atoms with Crippen LogP contribution in [0.15, 0.2) is 52.0 Å². The van der Waals surface area contributed by atoms with Crippen molar-refractivity contribution in [3.05, 3.63) is 53.4 Å². The molecule has 0 aliphatic carbocycles. The molecule has 0 aliphatic heterocycles. The van der Waals surface area contributed by atoms with Crippen molar-refractivity contribution in [1.29, 1.82) is 0 Å². The van der Waals surface area contributed by atoms with Crippen LogP contribution in [0.3, 0.4) is 0 Å². The monoisotopic (exact) mass is 341 g/mol. The minimum Gasteiger partial charge on any atom is -0.467 e. The second-order valence-corrected chi connectivity index (χ2v) is 7.37. The molecular weight excluding hydrogens is 326 g/mol. The number of sulfone groups is 1. The first-order valence-corrected chi connectivity index (χ1v) is 8.72. The zero-order chi connectivity index (χ0) is 16.2. The quantitative estimate of drug-likeness (QED) is 0.876. The van der Waals surface area contributed by atoms with Gasteiger partial charge in [0.15, 0.2) is 9.84 Å². The lowest BCUT2D eigenvalue weighted by Crippen LogP contribution is -2.28. The van der Waals surface area contributed by atoms with E-state index in [0.717, 1.165) is 0 Å². The van der Waals surface area contributed by atoms with E-state index in [9.17, 15) is 13.2 Å². The van der Waals surface area contributed by atoms with Crippen LogP contribution in [0.4, 0.5) is 0 Å². The summed E-state index contributed by atoms with van der Waals surface area (Å²) in [7, 11) is -3.50. The van der Waals surface area contributed by atoms with Crippen LogP contribution >= 0.6 is 11.6 Å². The minimum atomic E-state index is -3.50. The van der Waals surface area contributed by atoms with Gasteiger partial charge in [0.1, 0.15) is 5.76 Å². The third-order valence-electron chi connectivity index (χ3n) is 3.12. The molecule has 0 aliphatic rings. The average molecular weight is 342 g/mol. The van der Waals surface area contributed by atoms with Crippen LogP contribution < -0.4 is 5.32 Å². The molecule has 2 rings (SSSR count). The SMILES string of the molecule is CC(NC(=O)CCS(=O)(=O)c1ccc(Cl)cc1)c1ccco1. The number of rotatable bonds is 6. The van der Waals surface area contributed by atoms with E-state index in [4.69, 9.17) is 16.0 Å². The maximum absolute atomic E-state index is 12.1. The Balaban J connectivity index is 1.91. The Kier molecular flexibility index (Phi) is 5.26. The summed E-state index contributed by atoms with van der Waals surface area (Å²) in [6.07, 6.45) is 1.40. The van der Waals surface area contributed by atoms with Gasteiger partial charge in [0.25, 0.3) is 0 Å². The van der Waals surface area contributed by atoms with Crippen molar-refractivity contribution in [2.45, 2.75) is 24.3 Å². The fraction of sp³-hybridized carbons (Fsp3) is 0.267. The summed E-state index contributed by atoms with van der Waals surface area (Å²) in [6, 6.07) is 9.04. The van der Waals surface area contributed by atoms with E-state index >= 15 is 0 Å². The number of carbonyl (C=O) groups is 1. The lowest BCUT2D eigenvalue weighted by molar-refractivity contribution is -0.121. The zero-order valence-corrected chi connectivity index (χ0v) is 13.5. The summed E-state index contributed by atoms with van der Waals surface area (Å²) >= 11 is 5.73. The molecule has 0 saturated heterocycles. The van der Waals surface area contributed by atoms with Gasteiger partial charge >= 0.3 is 0 Å². The Morgan fingerprint density at radius 1 is 1.27 bits per heavy atom. The maximum Gasteiger partial charge on any atom is 0.221 e. The smallest absolute Gasteiger partial charge is 0.221 e. The highest BCUT2D eigenvalue weighted by Crippen LogP contribution is 2.16. The zero-order valence-electron chi connectivity index (χ0n) is 12.0. The Bertz CT molecular complexity index is 723. The third-order valence-corrected chi connectivity index (χ3v) is 5.10. The molecule has 0 radical (unpaired) electrons. The van der Waals surface area contributed by atoms with Crippen LogP contribution in [0, 0.1) is 0 Å². The van der Waals surface area contributed by atoms with Crippen LogP contribution in [0.1, 0.15) is 25.1 Å². The lowest BCUT2D eigenvalue weighted by atomic mass is 10.2. The highest BCUT2D eigenvalue weighted by Gasteiger charge is 2.18. The normalized spacial score (nSPS) is 12.8. The molecule has 0 spiro atoms. The van der Waals surface area contributed by atoms with Gasteiger partial charge < -0.3 is 9.73 Å². The molecule has 118 valence electrons. The van der Waals surface area contributed by atoms with Gasteiger partial charge in [0.2, 0.25) is 5.91 Å². The molecular formula is C15H16ClNO4S. The standard InChI is InChI=1S/C15H16ClNO4S/c1-11(14-3-2-9-21-14)17-15(18)8-10-22(19,20)13-6-4-12(16)5-7-13/h2-7,9,11H,8,10H2,1H3,(H,17,18). The van der Waals surface area contributed by atoms with E-state index in [-0.39, 0.29) is 29.0 Å². The number of halogens is 1. The van der Waals surface area contributed by atoms with E-state index in [1.807, 2.05) is 0 Å². The summed E-state index contributed by atoms with van der Waals surface area (Å²) in [5, 5.41) is 3.16. The van der Waals surface area contributed by atoms with Gasteiger partial charge in [-0.3, -0.25) is 4.79 Å². The van der Waals surface area contributed by atoms with E-state index in [2.05, 4.69) is 5.32 Å². The van der Waals surface area contributed by atoms with Gasteiger partial charge in [-0.15, -0.1) is 0 Å². The third kappa shape index (κ3) is 4.35. The summed E-state index contributed by atoms with van der Waals surface area (Å²) in [4.78, 5) is 12.0. The summed E-state index contributed by atoms with van der Waals surface area (Å²) < 4.78 is 29.4. The minimum absolute atomic E-state index is 0.115. The number of hydrogen-bond donors (Lipinski definition) is 1. The Hall–Kier alpha value is -1.79. The molecule has 22 heavy (non-hydrogen) atoms. The van der Waals surface area contributed by atoms with Crippen molar-refractivity contribution in [3.8, 4) is 0 Å². The summed E-state index contributed by atoms with van der Waals surface area (Å²) in [5.41, 5.74) is 0. The molecule has 2 aromatic rings. The largest absolute Gasteiger partial charge is 0.467 e.